The van der Waals surface area contributed by atoms with Gasteiger partial charge in [-0.15, -0.1) is 0 Å². The monoisotopic (exact) mass is 361 g/mol. The number of thiophene rings is 1. The number of hydrogen-bond acceptors (Lipinski definition) is 4. The van der Waals surface area contributed by atoms with Crippen LogP contribution in [-0.2, 0) is 10.3 Å². The third-order valence-electron chi connectivity index (χ3n) is 5.46. The Labute approximate surface area is 156 Å². The van der Waals surface area contributed by atoms with Crippen LogP contribution in [0.5, 0.6) is 0 Å². The molecule has 0 bridgehead atoms. The zero-order valence-corrected chi connectivity index (χ0v) is 15.2. The van der Waals surface area contributed by atoms with Crippen LogP contribution in [0.15, 0.2) is 71.4 Å². The lowest BCUT2D eigenvalue weighted by Gasteiger charge is -2.29. The van der Waals surface area contributed by atoms with E-state index in [0.29, 0.717) is 0 Å². The summed E-state index contributed by atoms with van der Waals surface area (Å²) in [6, 6.07) is 20.4. The summed E-state index contributed by atoms with van der Waals surface area (Å²) in [5.74, 6) is -0.373. The highest BCUT2D eigenvalue weighted by molar-refractivity contribution is 7.08. The topological polar surface area (TPSA) is 54.3 Å². The van der Waals surface area contributed by atoms with Gasteiger partial charge in [0.1, 0.15) is 0 Å². The molecule has 2 unspecified atom stereocenters. The maximum atomic E-state index is 13.5. The van der Waals surface area contributed by atoms with Crippen LogP contribution in [0.1, 0.15) is 11.1 Å². The molecule has 5 heteroatoms. The van der Waals surface area contributed by atoms with E-state index in [0.717, 1.165) is 23.2 Å². The van der Waals surface area contributed by atoms with Crippen molar-refractivity contribution in [1.29, 1.82) is 0 Å². The minimum atomic E-state index is -0.883. The molecule has 0 aliphatic carbocycles. The van der Waals surface area contributed by atoms with Crippen molar-refractivity contribution in [3.05, 3.63) is 82.6 Å². The fourth-order valence-corrected chi connectivity index (χ4v) is 4.55. The number of benzene rings is 2. The lowest BCUT2D eigenvalue weighted by atomic mass is 9.81. The normalized spacial score (nSPS) is 27.3. The van der Waals surface area contributed by atoms with Crippen LogP contribution in [0.3, 0.4) is 0 Å². The molecule has 1 amide bonds. The molecule has 130 valence electrons. The fraction of sp³-hybridized carbons (Fsp3) is 0.190. The van der Waals surface area contributed by atoms with Gasteiger partial charge in [0.05, 0.1) is 0 Å². The summed E-state index contributed by atoms with van der Waals surface area (Å²) in [6.45, 7) is 0.758. The number of hydrogen-bond donors (Lipinski definition) is 2. The van der Waals surface area contributed by atoms with Crippen molar-refractivity contribution >= 4 is 17.2 Å². The van der Waals surface area contributed by atoms with Crippen molar-refractivity contribution in [3.63, 3.8) is 0 Å². The lowest BCUT2D eigenvalue weighted by molar-refractivity contribution is -0.131. The first kappa shape index (κ1) is 15.8. The molecule has 2 aromatic carbocycles. The molecule has 2 N–H and O–H groups in total. The molecule has 5 rings (SSSR count). The van der Waals surface area contributed by atoms with Crippen molar-refractivity contribution in [3.8, 4) is 11.1 Å². The number of rotatable bonds is 3. The van der Waals surface area contributed by atoms with E-state index in [1.54, 1.807) is 16.2 Å². The van der Waals surface area contributed by atoms with Gasteiger partial charge in [-0.25, -0.2) is 0 Å². The molecule has 2 aliphatic heterocycles. The average Bonchev–Trinajstić information content (AvgIpc) is 3.18. The van der Waals surface area contributed by atoms with E-state index in [2.05, 4.69) is 39.6 Å². The fourth-order valence-electron chi connectivity index (χ4n) is 3.89. The molecule has 2 fully saturated rings. The molecule has 0 saturated carbocycles. The van der Waals surface area contributed by atoms with E-state index >= 15 is 0 Å². The molecule has 3 heterocycles. The molecule has 0 radical (unpaired) electrons. The number of nitrogens with zero attached hydrogens (tertiary/aromatic N) is 1. The molecular weight excluding hydrogens is 342 g/mol. The van der Waals surface area contributed by atoms with Crippen LogP contribution in [0, 0.1) is 0 Å². The zero-order chi connectivity index (χ0) is 17.8. The highest BCUT2D eigenvalue weighted by atomic mass is 32.1. The summed E-state index contributed by atoms with van der Waals surface area (Å²) < 4.78 is 0. The summed E-state index contributed by atoms with van der Waals surface area (Å²) in [5.41, 5.74) is 3.35. The third kappa shape index (κ3) is 2.11. The first-order valence-corrected chi connectivity index (χ1v) is 9.61. The molecule has 3 aromatic rings. The molecule has 26 heavy (non-hydrogen) atoms. The lowest BCUT2D eigenvalue weighted by Crippen LogP contribution is -2.47. The Bertz CT molecular complexity index is 966. The van der Waals surface area contributed by atoms with Gasteiger partial charge in [-0.05, 0) is 45.1 Å². The van der Waals surface area contributed by atoms with Crippen molar-refractivity contribution in [2.75, 3.05) is 13.6 Å². The Balaban J connectivity index is 1.72. The molecule has 1 spiro atoms. The van der Waals surface area contributed by atoms with Crippen LogP contribution >= 0.6 is 11.3 Å². The van der Waals surface area contributed by atoms with Crippen molar-refractivity contribution in [2.45, 2.75) is 11.3 Å². The van der Waals surface area contributed by atoms with Gasteiger partial charge < -0.3 is 4.90 Å². The van der Waals surface area contributed by atoms with E-state index in [9.17, 15) is 4.79 Å². The van der Waals surface area contributed by atoms with Crippen LogP contribution in [0.2, 0.25) is 0 Å². The van der Waals surface area contributed by atoms with Crippen LogP contribution in [0.25, 0.3) is 11.1 Å². The van der Waals surface area contributed by atoms with Gasteiger partial charge >= 0.3 is 0 Å². The second-order valence-corrected chi connectivity index (χ2v) is 7.69. The molecular formula is C21H19N3OS. The molecule has 4 nitrogen and oxygen atoms in total. The first-order valence-electron chi connectivity index (χ1n) is 8.67. The van der Waals surface area contributed by atoms with Crippen molar-refractivity contribution < 1.29 is 4.79 Å². The van der Waals surface area contributed by atoms with Gasteiger partial charge in [-0.3, -0.25) is 15.4 Å². The Hall–Kier alpha value is -2.47. The van der Waals surface area contributed by atoms with Gasteiger partial charge in [-0.2, -0.15) is 11.3 Å². The number of carbonyl (C=O) groups excluding carboxylic acids is 1. The highest BCUT2D eigenvalue weighted by Crippen LogP contribution is 2.43. The summed E-state index contributed by atoms with van der Waals surface area (Å²) in [4.78, 5) is 15.3. The number of amides is 1. The summed E-state index contributed by atoms with van der Waals surface area (Å²) in [6.07, 6.45) is 0. The van der Waals surface area contributed by atoms with E-state index in [1.807, 2.05) is 49.5 Å². The zero-order valence-electron chi connectivity index (χ0n) is 14.4. The van der Waals surface area contributed by atoms with Crippen molar-refractivity contribution in [1.82, 2.24) is 15.5 Å². The van der Waals surface area contributed by atoms with Crippen LogP contribution in [0.4, 0.5) is 0 Å². The Morgan fingerprint density at radius 3 is 2.42 bits per heavy atom. The van der Waals surface area contributed by atoms with Gasteiger partial charge in [0.25, 0.3) is 5.91 Å². The van der Waals surface area contributed by atoms with Crippen LogP contribution < -0.4 is 10.6 Å². The number of carbonyl (C=O) groups is 1. The van der Waals surface area contributed by atoms with Crippen molar-refractivity contribution in [2.24, 2.45) is 0 Å². The average molecular weight is 361 g/mol. The molecule has 2 aliphatic rings. The molecule has 1 aromatic heterocycles. The minimum absolute atomic E-state index is 0.0659. The molecule has 2 atom stereocenters. The third-order valence-corrected chi connectivity index (χ3v) is 6.14. The maximum absolute atomic E-state index is 13.5. The van der Waals surface area contributed by atoms with E-state index < -0.39 is 11.3 Å². The molecule has 2 saturated heterocycles. The number of nitrogens with one attached hydrogen (secondary N) is 2. The Morgan fingerprint density at radius 2 is 1.77 bits per heavy atom. The quantitative estimate of drug-likeness (QED) is 0.705. The summed E-state index contributed by atoms with van der Waals surface area (Å²) >= 11 is 1.68. The summed E-state index contributed by atoms with van der Waals surface area (Å²) in [5, 5.41) is 11.2. The van der Waals surface area contributed by atoms with E-state index in [1.165, 1.54) is 5.56 Å². The Morgan fingerprint density at radius 1 is 1.00 bits per heavy atom. The smallest absolute Gasteiger partial charge is 0.254 e. The van der Waals surface area contributed by atoms with Gasteiger partial charge in [-0.1, -0.05) is 48.5 Å². The highest BCUT2D eigenvalue weighted by Gasteiger charge is 2.64. The maximum Gasteiger partial charge on any atom is 0.254 e. The standard InChI is InChI=1S/C21H19N3OS/c1-24-19(25)21(23-20(24)14-22-20,17-7-3-2-4-8-17)18-9-5-6-15(12-18)16-10-11-26-13-16/h2-13,22-23H,14H2,1H3. The minimum Gasteiger partial charge on any atom is -0.311 e. The summed E-state index contributed by atoms with van der Waals surface area (Å²) in [7, 11) is 1.86. The van der Waals surface area contributed by atoms with Gasteiger partial charge in [0.2, 0.25) is 0 Å². The predicted octanol–water partition coefficient (Wildman–Crippen LogP) is 2.98. The second-order valence-electron chi connectivity index (χ2n) is 6.91. The number of likely N-dealkylation sites (N-methyl/N-ethyl adjacent to an activating group) is 1. The second kappa shape index (κ2) is 5.51. The van der Waals surface area contributed by atoms with E-state index in [4.69, 9.17) is 0 Å². The predicted molar refractivity (Wildman–Crippen MR) is 104 cm³/mol. The Kier molecular flexibility index (Phi) is 3.34. The van der Waals surface area contributed by atoms with Gasteiger partial charge in [0, 0.05) is 13.6 Å². The van der Waals surface area contributed by atoms with Crippen LogP contribution in [-0.4, -0.2) is 30.2 Å². The van der Waals surface area contributed by atoms with Gasteiger partial charge in [0.15, 0.2) is 11.3 Å². The van der Waals surface area contributed by atoms with E-state index in [-0.39, 0.29) is 5.91 Å². The largest absolute Gasteiger partial charge is 0.311 e. The SMILES string of the molecule is CN1C(=O)C(c2ccccc2)(c2cccc(-c3ccsc3)c2)NC12CN2. The first-order chi connectivity index (χ1) is 12.7.